The Bertz CT molecular complexity index is 279. The van der Waals surface area contributed by atoms with Gasteiger partial charge in [0.15, 0.2) is 0 Å². The van der Waals surface area contributed by atoms with Crippen LogP contribution in [0.2, 0.25) is 0 Å². The fraction of sp³-hybridized carbons (Fsp3) is 0.824. The van der Waals surface area contributed by atoms with Gasteiger partial charge in [0.05, 0.1) is 0 Å². The first-order valence-electron chi connectivity index (χ1n) is 8.48. The summed E-state index contributed by atoms with van der Waals surface area (Å²) in [5.74, 6) is -0.982. The van der Waals surface area contributed by atoms with E-state index in [9.17, 15) is 4.79 Å². The Morgan fingerprint density at radius 1 is 1.10 bits per heavy atom. The van der Waals surface area contributed by atoms with Crippen molar-refractivity contribution in [2.75, 3.05) is 0 Å². The molecular formula is C17H32N2O2. The first-order valence-corrected chi connectivity index (χ1v) is 8.48. The third kappa shape index (κ3) is 8.22. The molecule has 1 atom stereocenters. The summed E-state index contributed by atoms with van der Waals surface area (Å²) in [5, 5.41) is 12.0. The van der Waals surface area contributed by atoms with Gasteiger partial charge in [-0.2, -0.15) is 0 Å². The van der Waals surface area contributed by atoms with Crippen LogP contribution in [-0.2, 0) is 4.79 Å². The maximum absolute atomic E-state index is 9.92. The zero-order valence-corrected chi connectivity index (χ0v) is 13.2. The predicted octanol–water partition coefficient (Wildman–Crippen LogP) is 3.22. The van der Waals surface area contributed by atoms with Crippen LogP contribution in [0.3, 0.4) is 0 Å². The fourth-order valence-corrected chi connectivity index (χ4v) is 3.15. The Morgan fingerprint density at radius 2 is 1.52 bits per heavy atom. The number of hydrogen-bond donors (Lipinski definition) is 3. The van der Waals surface area contributed by atoms with Gasteiger partial charge in [-0.05, 0) is 32.1 Å². The molecule has 2 aliphatic carbocycles. The van der Waals surface area contributed by atoms with Crippen LogP contribution in [-0.4, -0.2) is 29.2 Å². The van der Waals surface area contributed by atoms with E-state index in [4.69, 9.17) is 10.8 Å². The van der Waals surface area contributed by atoms with Crippen molar-refractivity contribution >= 4 is 5.97 Å². The lowest BCUT2D eigenvalue weighted by atomic mass is 9.91. The van der Waals surface area contributed by atoms with Crippen molar-refractivity contribution in [3.63, 3.8) is 0 Å². The minimum absolute atomic E-state index is 0.329. The van der Waals surface area contributed by atoms with Gasteiger partial charge in [-0.25, -0.2) is 0 Å². The quantitative estimate of drug-likeness (QED) is 0.681. The van der Waals surface area contributed by atoms with E-state index in [2.05, 4.69) is 11.9 Å². The molecule has 122 valence electrons. The normalized spacial score (nSPS) is 22.0. The Kier molecular flexibility index (Phi) is 9.35. The number of carboxylic acid groups (broad SMARTS) is 1. The smallest absolute Gasteiger partial charge is 0.320 e. The van der Waals surface area contributed by atoms with E-state index in [0.717, 1.165) is 12.1 Å². The molecule has 0 spiro atoms. The second kappa shape index (κ2) is 10.8. The van der Waals surface area contributed by atoms with Crippen molar-refractivity contribution < 1.29 is 9.90 Å². The highest BCUT2D eigenvalue weighted by Crippen LogP contribution is 2.22. The van der Waals surface area contributed by atoms with Gasteiger partial charge in [0.25, 0.3) is 0 Å². The van der Waals surface area contributed by atoms with Gasteiger partial charge in [-0.1, -0.05) is 44.6 Å². The molecule has 0 bridgehead atoms. The highest BCUT2D eigenvalue weighted by Gasteiger charge is 2.19. The molecule has 21 heavy (non-hydrogen) atoms. The number of nitrogens with two attached hydrogens (primary N) is 1. The molecule has 0 heterocycles. The third-order valence-corrected chi connectivity index (χ3v) is 4.42. The zero-order valence-electron chi connectivity index (χ0n) is 13.2. The average Bonchev–Trinajstić information content (AvgIpc) is 2.50. The van der Waals surface area contributed by atoms with Gasteiger partial charge in [-0.15, -0.1) is 6.58 Å². The number of hydrogen-bond acceptors (Lipinski definition) is 3. The number of rotatable bonds is 5. The molecule has 2 fully saturated rings. The van der Waals surface area contributed by atoms with E-state index in [-0.39, 0.29) is 0 Å². The molecule has 0 aliphatic heterocycles. The molecule has 1 unspecified atom stereocenters. The zero-order chi connectivity index (χ0) is 15.5. The van der Waals surface area contributed by atoms with Gasteiger partial charge in [0, 0.05) is 12.1 Å². The Morgan fingerprint density at radius 3 is 1.81 bits per heavy atom. The standard InChI is InChI=1S/C12H23N.C5H9NO2/c1-3-7-11(8-4-1)13-12-9-5-2-6-10-12;1-2-3-4(6)5(7)8/h11-13H,1-10H2;2,4H,1,3,6H2,(H,7,8). The van der Waals surface area contributed by atoms with E-state index in [0.29, 0.717) is 6.42 Å². The van der Waals surface area contributed by atoms with Crippen LogP contribution in [0, 0.1) is 0 Å². The summed E-state index contributed by atoms with van der Waals surface area (Å²) in [5.41, 5.74) is 5.06. The van der Waals surface area contributed by atoms with Gasteiger partial charge in [-0.3, -0.25) is 4.79 Å². The summed E-state index contributed by atoms with van der Waals surface area (Å²) >= 11 is 0. The molecule has 0 aromatic heterocycles. The van der Waals surface area contributed by atoms with Gasteiger partial charge < -0.3 is 16.2 Å². The summed E-state index contributed by atoms with van der Waals surface area (Å²) in [7, 11) is 0. The molecule has 4 N–H and O–H groups in total. The van der Waals surface area contributed by atoms with E-state index in [1.165, 1.54) is 70.3 Å². The van der Waals surface area contributed by atoms with Gasteiger partial charge in [0.2, 0.25) is 0 Å². The summed E-state index contributed by atoms with van der Waals surface area (Å²) < 4.78 is 0. The summed E-state index contributed by atoms with van der Waals surface area (Å²) in [6.07, 6.45) is 16.4. The lowest BCUT2D eigenvalue weighted by Crippen LogP contribution is -2.40. The summed E-state index contributed by atoms with van der Waals surface area (Å²) in [4.78, 5) is 9.92. The van der Waals surface area contributed by atoms with Crippen LogP contribution in [0.4, 0.5) is 0 Å². The minimum atomic E-state index is -0.982. The lowest BCUT2D eigenvalue weighted by Gasteiger charge is -2.30. The third-order valence-electron chi connectivity index (χ3n) is 4.42. The molecule has 2 rings (SSSR count). The Labute approximate surface area is 129 Å². The van der Waals surface area contributed by atoms with E-state index >= 15 is 0 Å². The lowest BCUT2D eigenvalue weighted by molar-refractivity contribution is -0.138. The molecule has 0 aromatic rings. The molecule has 0 saturated heterocycles. The highest BCUT2D eigenvalue weighted by molar-refractivity contribution is 5.73. The number of nitrogens with one attached hydrogen (secondary N) is 1. The Balaban J connectivity index is 0.000000240. The van der Waals surface area contributed by atoms with Crippen LogP contribution in [0.1, 0.15) is 70.6 Å². The van der Waals surface area contributed by atoms with E-state index in [1.807, 2.05) is 0 Å². The first-order chi connectivity index (χ1) is 10.1. The van der Waals surface area contributed by atoms with Gasteiger partial charge in [0.1, 0.15) is 6.04 Å². The minimum Gasteiger partial charge on any atom is -0.480 e. The van der Waals surface area contributed by atoms with Crippen LogP contribution < -0.4 is 11.1 Å². The number of carboxylic acids is 1. The topological polar surface area (TPSA) is 75.3 Å². The van der Waals surface area contributed by atoms with Crippen LogP contribution in [0.15, 0.2) is 12.7 Å². The maximum atomic E-state index is 9.92. The van der Waals surface area contributed by atoms with Crippen molar-refractivity contribution in [1.29, 1.82) is 0 Å². The SMILES string of the molecule is C1CCC(NC2CCCCC2)CC1.C=CCC(N)C(=O)O. The molecule has 4 nitrogen and oxygen atoms in total. The molecular weight excluding hydrogens is 264 g/mol. The van der Waals surface area contributed by atoms with Crippen molar-refractivity contribution in [1.82, 2.24) is 5.32 Å². The number of aliphatic carboxylic acids is 1. The largest absolute Gasteiger partial charge is 0.480 e. The van der Waals surface area contributed by atoms with E-state index in [1.54, 1.807) is 0 Å². The van der Waals surface area contributed by atoms with Crippen LogP contribution in [0.25, 0.3) is 0 Å². The highest BCUT2D eigenvalue weighted by atomic mass is 16.4. The summed E-state index contributed by atoms with van der Waals surface area (Å²) in [6, 6.07) is 0.959. The van der Waals surface area contributed by atoms with Crippen LogP contribution >= 0.6 is 0 Å². The average molecular weight is 296 g/mol. The second-order valence-electron chi connectivity index (χ2n) is 6.31. The Hall–Kier alpha value is -0.870. The van der Waals surface area contributed by atoms with Crippen molar-refractivity contribution in [2.45, 2.75) is 88.8 Å². The predicted molar refractivity (Wildman–Crippen MR) is 87.3 cm³/mol. The maximum Gasteiger partial charge on any atom is 0.320 e. The second-order valence-corrected chi connectivity index (χ2v) is 6.31. The number of carbonyl (C=O) groups is 1. The first kappa shape index (κ1) is 18.2. The molecule has 2 saturated carbocycles. The van der Waals surface area contributed by atoms with E-state index < -0.39 is 12.0 Å². The fourth-order valence-electron chi connectivity index (χ4n) is 3.15. The summed E-state index contributed by atoms with van der Waals surface area (Å²) in [6.45, 7) is 3.34. The molecule has 2 aliphatic rings. The van der Waals surface area contributed by atoms with Crippen LogP contribution in [0.5, 0.6) is 0 Å². The molecule has 0 amide bonds. The molecule has 0 radical (unpaired) electrons. The monoisotopic (exact) mass is 296 g/mol. The molecule has 0 aromatic carbocycles. The van der Waals surface area contributed by atoms with Gasteiger partial charge >= 0.3 is 5.97 Å². The van der Waals surface area contributed by atoms with Crippen molar-refractivity contribution in [3.8, 4) is 0 Å². The molecule has 4 heteroatoms. The van der Waals surface area contributed by atoms with Crippen molar-refractivity contribution in [2.24, 2.45) is 5.73 Å². The van der Waals surface area contributed by atoms with Crippen molar-refractivity contribution in [3.05, 3.63) is 12.7 Å².